The summed E-state index contributed by atoms with van der Waals surface area (Å²) in [6, 6.07) is 14.3. The van der Waals surface area contributed by atoms with E-state index in [1.54, 1.807) is 0 Å². The van der Waals surface area contributed by atoms with Crippen LogP contribution in [0.2, 0.25) is 0 Å². The van der Waals surface area contributed by atoms with E-state index < -0.39 is 0 Å². The minimum Gasteiger partial charge on any atom is -0.490 e. The van der Waals surface area contributed by atoms with Crippen molar-refractivity contribution in [1.82, 2.24) is 20.1 Å². The average molecular weight is 451 g/mol. The Balaban J connectivity index is 1.19. The molecule has 4 rings (SSSR count). The first-order chi connectivity index (χ1) is 16.1. The Hall–Kier alpha value is -2.44. The fourth-order valence-corrected chi connectivity index (χ4v) is 4.86. The van der Waals surface area contributed by atoms with Crippen LogP contribution >= 0.6 is 0 Å². The molecule has 2 aliphatic heterocycles. The van der Waals surface area contributed by atoms with Crippen LogP contribution in [0, 0.1) is 5.92 Å². The number of likely N-dealkylation sites (tertiary alicyclic amines) is 2. The number of benzene rings is 1. The second kappa shape index (κ2) is 11.6. The van der Waals surface area contributed by atoms with Crippen molar-refractivity contribution >= 4 is 5.91 Å². The predicted octanol–water partition coefficient (Wildman–Crippen LogP) is 3.98. The molecule has 2 saturated heterocycles. The third-order valence-electron chi connectivity index (χ3n) is 6.90. The van der Waals surface area contributed by atoms with Crippen LogP contribution < -0.4 is 10.1 Å². The number of amides is 1. The number of pyridine rings is 1. The van der Waals surface area contributed by atoms with Gasteiger partial charge in [0, 0.05) is 50.5 Å². The first kappa shape index (κ1) is 23.7. The van der Waals surface area contributed by atoms with E-state index in [9.17, 15) is 4.79 Å². The van der Waals surface area contributed by atoms with Crippen molar-refractivity contribution in [3.8, 4) is 5.75 Å². The van der Waals surface area contributed by atoms with Gasteiger partial charge < -0.3 is 15.0 Å². The standard InChI is InChI=1S/C27H38N4O2/c1-21(2)31-15-5-6-22(19-31)18-29-27(32)23-8-10-25(11-9-23)33-26-12-16-30(17-13-26)20-24-7-3-4-14-28-24/h3-4,7-11,14,21-22,26H,5-6,12-13,15-20H2,1-2H3,(H,29,32). The lowest BCUT2D eigenvalue weighted by Crippen LogP contribution is -2.43. The van der Waals surface area contributed by atoms with E-state index in [-0.39, 0.29) is 12.0 Å². The topological polar surface area (TPSA) is 57.7 Å². The van der Waals surface area contributed by atoms with E-state index in [0.717, 1.165) is 57.0 Å². The lowest BCUT2D eigenvalue weighted by molar-refractivity contribution is 0.0921. The third kappa shape index (κ3) is 7.02. The van der Waals surface area contributed by atoms with Gasteiger partial charge in [-0.05, 0) is 88.4 Å². The van der Waals surface area contributed by atoms with E-state index in [1.807, 2.05) is 42.6 Å². The van der Waals surface area contributed by atoms with Gasteiger partial charge in [-0.15, -0.1) is 0 Å². The van der Waals surface area contributed by atoms with Gasteiger partial charge in [0.05, 0.1) is 5.69 Å². The monoisotopic (exact) mass is 450 g/mol. The molecule has 0 aliphatic carbocycles. The molecule has 33 heavy (non-hydrogen) atoms. The van der Waals surface area contributed by atoms with Crippen molar-refractivity contribution in [3.63, 3.8) is 0 Å². The van der Waals surface area contributed by atoms with Crippen molar-refractivity contribution in [3.05, 3.63) is 59.9 Å². The molecule has 1 aromatic heterocycles. The number of hydrogen-bond acceptors (Lipinski definition) is 5. The summed E-state index contributed by atoms with van der Waals surface area (Å²) in [5.74, 6) is 1.39. The van der Waals surface area contributed by atoms with Crippen molar-refractivity contribution in [2.24, 2.45) is 5.92 Å². The maximum Gasteiger partial charge on any atom is 0.251 e. The Morgan fingerprint density at radius 3 is 2.58 bits per heavy atom. The number of rotatable bonds is 8. The van der Waals surface area contributed by atoms with Crippen molar-refractivity contribution in [2.75, 3.05) is 32.7 Å². The van der Waals surface area contributed by atoms with Gasteiger partial charge in [0.2, 0.25) is 0 Å². The van der Waals surface area contributed by atoms with Crippen LogP contribution in [0.1, 0.15) is 55.6 Å². The average Bonchev–Trinajstić information content (AvgIpc) is 2.85. The second-order valence-electron chi connectivity index (χ2n) is 9.75. The van der Waals surface area contributed by atoms with Crippen LogP contribution in [0.15, 0.2) is 48.7 Å². The number of nitrogens with zero attached hydrogens (tertiary/aromatic N) is 3. The zero-order chi connectivity index (χ0) is 23.0. The summed E-state index contributed by atoms with van der Waals surface area (Å²) in [6.07, 6.45) is 6.49. The molecule has 1 aromatic carbocycles. The fraction of sp³-hybridized carbons (Fsp3) is 0.556. The minimum absolute atomic E-state index is 0.00560. The van der Waals surface area contributed by atoms with Crippen LogP contribution in [-0.4, -0.2) is 65.6 Å². The summed E-state index contributed by atoms with van der Waals surface area (Å²) in [6.45, 7) is 10.4. The molecule has 6 nitrogen and oxygen atoms in total. The van der Waals surface area contributed by atoms with Gasteiger partial charge in [0.15, 0.2) is 0 Å². The molecule has 0 bridgehead atoms. The van der Waals surface area contributed by atoms with Gasteiger partial charge in [-0.2, -0.15) is 0 Å². The smallest absolute Gasteiger partial charge is 0.251 e. The quantitative estimate of drug-likeness (QED) is 0.659. The van der Waals surface area contributed by atoms with E-state index in [2.05, 4.69) is 40.0 Å². The van der Waals surface area contributed by atoms with E-state index in [0.29, 0.717) is 17.5 Å². The molecule has 0 saturated carbocycles. The normalized spacial score (nSPS) is 20.6. The van der Waals surface area contributed by atoms with Gasteiger partial charge in [-0.1, -0.05) is 6.07 Å². The summed E-state index contributed by atoms with van der Waals surface area (Å²) < 4.78 is 6.20. The highest BCUT2D eigenvalue weighted by Crippen LogP contribution is 2.21. The Morgan fingerprint density at radius 2 is 1.88 bits per heavy atom. The summed E-state index contributed by atoms with van der Waals surface area (Å²) >= 11 is 0. The highest BCUT2D eigenvalue weighted by Gasteiger charge is 2.23. The van der Waals surface area contributed by atoms with E-state index >= 15 is 0 Å². The van der Waals surface area contributed by atoms with Crippen molar-refractivity contribution in [1.29, 1.82) is 0 Å². The number of aromatic nitrogens is 1. The van der Waals surface area contributed by atoms with Crippen molar-refractivity contribution < 1.29 is 9.53 Å². The number of carbonyl (C=O) groups excluding carboxylic acids is 1. The Morgan fingerprint density at radius 1 is 1.09 bits per heavy atom. The molecule has 2 fully saturated rings. The SMILES string of the molecule is CC(C)N1CCCC(CNC(=O)c2ccc(OC3CCN(Cc4ccccn4)CC3)cc2)C1. The lowest BCUT2D eigenvalue weighted by Gasteiger charge is -2.35. The molecule has 1 unspecified atom stereocenters. The lowest BCUT2D eigenvalue weighted by atomic mass is 9.97. The van der Waals surface area contributed by atoms with Crippen LogP contribution in [0.4, 0.5) is 0 Å². The Bertz CT molecular complexity index is 863. The zero-order valence-corrected chi connectivity index (χ0v) is 20.1. The number of ether oxygens (including phenoxy) is 1. The molecule has 1 N–H and O–H groups in total. The van der Waals surface area contributed by atoms with Crippen LogP contribution in [0.3, 0.4) is 0 Å². The summed E-state index contributed by atoms with van der Waals surface area (Å²) in [7, 11) is 0. The molecule has 6 heteroatoms. The Labute approximate surface area is 198 Å². The molecule has 0 spiro atoms. The molecule has 1 atom stereocenters. The molecule has 2 aromatic rings. The van der Waals surface area contributed by atoms with Gasteiger partial charge in [-0.3, -0.25) is 14.7 Å². The van der Waals surface area contributed by atoms with Gasteiger partial charge in [0.1, 0.15) is 11.9 Å². The first-order valence-corrected chi connectivity index (χ1v) is 12.5. The number of hydrogen-bond donors (Lipinski definition) is 1. The summed E-state index contributed by atoms with van der Waals surface area (Å²) in [4.78, 5) is 22.0. The summed E-state index contributed by atoms with van der Waals surface area (Å²) in [5.41, 5.74) is 1.82. The van der Waals surface area contributed by atoms with Crippen molar-refractivity contribution in [2.45, 2.75) is 58.2 Å². The zero-order valence-electron chi connectivity index (χ0n) is 20.1. The predicted molar refractivity (Wildman–Crippen MR) is 131 cm³/mol. The molecule has 1 amide bonds. The maximum atomic E-state index is 12.6. The molecule has 0 radical (unpaired) electrons. The number of nitrogens with one attached hydrogen (secondary N) is 1. The van der Waals surface area contributed by atoms with Crippen LogP contribution in [-0.2, 0) is 6.54 Å². The Kier molecular flexibility index (Phi) is 8.35. The number of carbonyl (C=O) groups is 1. The maximum absolute atomic E-state index is 12.6. The minimum atomic E-state index is 0.00560. The van der Waals surface area contributed by atoms with Gasteiger partial charge in [0.25, 0.3) is 5.91 Å². The number of piperidine rings is 2. The molecular formula is C27H38N4O2. The highest BCUT2D eigenvalue weighted by atomic mass is 16.5. The molecule has 178 valence electrons. The molecule has 3 heterocycles. The second-order valence-corrected chi connectivity index (χ2v) is 9.75. The third-order valence-corrected chi connectivity index (χ3v) is 6.90. The highest BCUT2D eigenvalue weighted by molar-refractivity contribution is 5.94. The van der Waals surface area contributed by atoms with E-state index in [1.165, 1.54) is 19.4 Å². The first-order valence-electron chi connectivity index (χ1n) is 12.5. The summed E-state index contributed by atoms with van der Waals surface area (Å²) in [5, 5.41) is 3.14. The van der Waals surface area contributed by atoms with Gasteiger partial charge in [-0.25, -0.2) is 0 Å². The van der Waals surface area contributed by atoms with Gasteiger partial charge >= 0.3 is 0 Å². The van der Waals surface area contributed by atoms with Crippen LogP contribution in [0.25, 0.3) is 0 Å². The van der Waals surface area contributed by atoms with E-state index in [4.69, 9.17) is 4.74 Å². The fourth-order valence-electron chi connectivity index (χ4n) is 4.86. The largest absolute Gasteiger partial charge is 0.490 e. The molecule has 2 aliphatic rings. The molecular weight excluding hydrogens is 412 g/mol. The van der Waals surface area contributed by atoms with Crippen LogP contribution in [0.5, 0.6) is 5.75 Å².